The minimum absolute atomic E-state index is 0.00974. The highest BCUT2D eigenvalue weighted by Gasteiger charge is 2.31. The Kier molecular flexibility index (Phi) is 7.90. The fraction of sp³-hybridized carbons (Fsp3) is 0.400. The van der Waals surface area contributed by atoms with E-state index in [1.54, 1.807) is 19.1 Å². The Morgan fingerprint density at radius 1 is 1.31 bits per heavy atom. The van der Waals surface area contributed by atoms with Crippen molar-refractivity contribution >= 4 is 32.0 Å². The minimum Gasteiger partial charge on any atom is -0.343 e. The molecule has 2 aromatic rings. The van der Waals surface area contributed by atoms with E-state index in [-0.39, 0.29) is 21.7 Å². The molecule has 0 radical (unpaired) electrons. The maximum atomic E-state index is 13.2. The van der Waals surface area contributed by atoms with Gasteiger partial charge in [0, 0.05) is 0 Å². The highest BCUT2D eigenvalue weighted by atomic mass is 79.9. The van der Waals surface area contributed by atoms with Crippen LogP contribution in [0, 0.1) is 12.7 Å². The third kappa shape index (κ3) is 6.58. The number of unbranched alkanes of at least 4 members (excludes halogenated alkanes) is 1. The zero-order valence-corrected chi connectivity index (χ0v) is 18.9. The number of aromatic nitrogens is 1. The molecule has 0 aliphatic heterocycles. The number of hydrogen-bond acceptors (Lipinski definition) is 5. The summed E-state index contributed by atoms with van der Waals surface area (Å²) in [7, 11) is -3.98. The second kappa shape index (κ2) is 9.77. The Bertz CT molecular complexity index is 967. The van der Waals surface area contributed by atoms with Crippen LogP contribution >= 0.6 is 15.9 Å². The first-order chi connectivity index (χ1) is 13.6. The van der Waals surface area contributed by atoms with Crippen molar-refractivity contribution in [2.45, 2.75) is 50.5 Å². The summed E-state index contributed by atoms with van der Waals surface area (Å²) in [6.45, 7) is 5.32. The molecule has 29 heavy (non-hydrogen) atoms. The molecule has 0 aliphatic carbocycles. The van der Waals surface area contributed by atoms with Crippen molar-refractivity contribution in [1.82, 2.24) is 10.3 Å². The third-order valence-corrected chi connectivity index (χ3v) is 6.24. The van der Waals surface area contributed by atoms with Crippen LogP contribution in [0.2, 0.25) is 0 Å². The first-order valence-corrected chi connectivity index (χ1v) is 11.4. The molecule has 1 N–H and O–H groups in total. The number of amides is 1. The maximum Gasteiger partial charge on any atom is 0.297 e. The summed E-state index contributed by atoms with van der Waals surface area (Å²) in [5.41, 5.74) is -0.0164. The van der Waals surface area contributed by atoms with E-state index in [2.05, 4.69) is 26.2 Å². The summed E-state index contributed by atoms with van der Waals surface area (Å²) in [6.07, 6.45) is 3.05. The normalized spacial score (nSPS) is 13.7. The molecule has 9 heteroatoms. The number of benzene rings is 1. The van der Waals surface area contributed by atoms with Gasteiger partial charge in [-0.15, -0.1) is 0 Å². The van der Waals surface area contributed by atoms with Gasteiger partial charge in [-0.3, -0.25) is 8.98 Å². The molecule has 1 aromatic carbocycles. The number of aryl methyl sites for hydroxylation is 1. The molecule has 0 aliphatic rings. The highest BCUT2D eigenvalue weighted by Crippen LogP contribution is 2.22. The third-order valence-electron chi connectivity index (χ3n) is 4.36. The lowest BCUT2D eigenvalue weighted by molar-refractivity contribution is 0.0851. The lowest BCUT2D eigenvalue weighted by Crippen LogP contribution is -2.50. The average molecular weight is 487 g/mol. The smallest absolute Gasteiger partial charge is 0.297 e. The molecule has 1 heterocycles. The van der Waals surface area contributed by atoms with E-state index in [1.165, 1.54) is 12.1 Å². The van der Waals surface area contributed by atoms with Gasteiger partial charge in [0.15, 0.2) is 0 Å². The lowest BCUT2D eigenvalue weighted by atomic mass is 9.95. The van der Waals surface area contributed by atoms with Gasteiger partial charge in [-0.1, -0.05) is 37.5 Å². The molecule has 1 aromatic heterocycles. The van der Waals surface area contributed by atoms with E-state index in [4.69, 9.17) is 4.18 Å². The monoisotopic (exact) mass is 486 g/mol. The number of nitrogens with one attached hydrogen (secondary N) is 1. The standard InChI is InChI=1S/C20H24BrFN2O4S/c1-4-5-10-20(3,24-19(25)18-17(21)11-15(22)12-23-18)13-28-29(26,27)16-8-6-14(2)7-9-16/h6-9,11-12H,4-5,10,13H2,1-3H3,(H,24,25)/t20-/m1/s1. The SMILES string of the molecule is CCCC[C@](C)(COS(=O)(=O)c1ccc(C)cc1)NC(=O)c1ncc(F)cc1Br. The van der Waals surface area contributed by atoms with Crippen LogP contribution < -0.4 is 5.32 Å². The first-order valence-electron chi connectivity index (χ1n) is 9.16. The number of carbonyl (C=O) groups excluding carboxylic acids is 1. The van der Waals surface area contributed by atoms with E-state index in [0.29, 0.717) is 6.42 Å². The van der Waals surface area contributed by atoms with Crippen LogP contribution in [0.1, 0.15) is 49.2 Å². The minimum atomic E-state index is -3.98. The van der Waals surface area contributed by atoms with Crippen LogP contribution in [0.5, 0.6) is 0 Å². The van der Waals surface area contributed by atoms with Gasteiger partial charge in [-0.25, -0.2) is 9.37 Å². The molecule has 0 unspecified atom stereocenters. The van der Waals surface area contributed by atoms with Crippen LogP contribution in [0.3, 0.4) is 0 Å². The number of hydrogen-bond donors (Lipinski definition) is 1. The van der Waals surface area contributed by atoms with Gasteiger partial charge in [0.25, 0.3) is 16.0 Å². The van der Waals surface area contributed by atoms with Gasteiger partial charge in [-0.05, 0) is 54.4 Å². The molecule has 0 fully saturated rings. The summed E-state index contributed by atoms with van der Waals surface area (Å²) >= 11 is 3.12. The molecular formula is C20H24BrFN2O4S. The van der Waals surface area contributed by atoms with E-state index >= 15 is 0 Å². The van der Waals surface area contributed by atoms with Crippen molar-refractivity contribution in [2.24, 2.45) is 0 Å². The summed E-state index contributed by atoms with van der Waals surface area (Å²) < 4.78 is 43.8. The van der Waals surface area contributed by atoms with Gasteiger partial charge in [-0.2, -0.15) is 8.42 Å². The molecule has 158 valence electrons. The van der Waals surface area contributed by atoms with Gasteiger partial charge >= 0.3 is 0 Å². The second-order valence-corrected chi connectivity index (χ2v) is 9.60. The fourth-order valence-electron chi connectivity index (χ4n) is 2.63. The zero-order valence-electron chi connectivity index (χ0n) is 16.5. The predicted molar refractivity (Wildman–Crippen MR) is 112 cm³/mol. The van der Waals surface area contributed by atoms with E-state index in [9.17, 15) is 17.6 Å². The quantitative estimate of drug-likeness (QED) is 0.531. The Morgan fingerprint density at radius 2 is 1.97 bits per heavy atom. The van der Waals surface area contributed by atoms with Crippen LogP contribution in [-0.2, 0) is 14.3 Å². The first kappa shape index (κ1) is 23.4. The van der Waals surface area contributed by atoms with Crippen molar-refractivity contribution in [2.75, 3.05) is 6.61 Å². The van der Waals surface area contributed by atoms with E-state index < -0.39 is 27.4 Å². The predicted octanol–water partition coefficient (Wildman–Crippen LogP) is 4.38. The number of nitrogens with zero attached hydrogens (tertiary/aromatic N) is 1. The largest absolute Gasteiger partial charge is 0.343 e. The Morgan fingerprint density at radius 3 is 2.55 bits per heavy atom. The Hall–Kier alpha value is -1.84. The molecule has 0 bridgehead atoms. The molecule has 1 amide bonds. The topological polar surface area (TPSA) is 85.4 Å². The molecule has 0 spiro atoms. The summed E-state index contributed by atoms with van der Waals surface area (Å²) in [5.74, 6) is -1.12. The van der Waals surface area contributed by atoms with Crippen molar-refractivity contribution in [3.63, 3.8) is 0 Å². The van der Waals surface area contributed by atoms with Gasteiger partial charge in [0.2, 0.25) is 0 Å². The molecule has 0 saturated heterocycles. The number of halogens is 2. The lowest BCUT2D eigenvalue weighted by Gasteiger charge is -2.30. The average Bonchev–Trinajstić information content (AvgIpc) is 2.65. The van der Waals surface area contributed by atoms with Crippen molar-refractivity contribution in [1.29, 1.82) is 0 Å². The summed E-state index contributed by atoms with van der Waals surface area (Å²) in [6, 6.07) is 7.47. The van der Waals surface area contributed by atoms with Gasteiger partial charge < -0.3 is 5.32 Å². The van der Waals surface area contributed by atoms with Crippen molar-refractivity contribution in [3.8, 4) is 0 Å². The molecule has 6 nitrogen and oxygen atoms in total. The fourth-order valence-corrected chi connectivity index (χ4v) is 4.16. The van der Waals surface area contributed by atoms with Crippen LogP contribution in [0.4, 0.5) is 4.39 Å². The zero-order chi connectivity index (χ0) is 21.7. The van der Waals surface area contributed by atoms with Crippen LogP contribution in [0.15, 0.2) is 45.9 Å². The number of pyridine rings is 1. The number of rotatable bonds is 9. The van der Waals surface area contributed by atoms with Crippen LogP contribution in [0.25, 0.3) is 0 Å². The Balaban J connectivity index is 2.18. The number of carbonyl (C=O) groups is 1. The summed E-state index contributed by atoms with van der Waals surface area (Å²) in [4.78, 5) is 16.5. The molecule has 2 rings (SSSR count). The van der Waals surface area contributed by atoms with Crippen molar-refractivity contribution < 1.29 is 21.8 Å². The molecular weight excluding hydrogens is 463 g/mol. The van der Waals surface area contributed by atoms with Gasteiger partial charge in [0.05, 0.1) is 27.7 Å². The maximum absolute atomic E-state index is 13.2. The summed E-state index contributed by atoms with van der Waals surface area (Å²) in [5, 5.41) is 2.79. The van der Waals surface area contributed by atoms with E-state index in [1.807, 2.05) is 13.8 Å². The van der Waals surface area contributed by atoms with Crippen LogP contribution in [-0.4, -0.2) is 31.5 Å². The van der Waals surface area contributed by atoms with Crippen molar-refractivity contribution in [3.05, 3.63) is 58.1 Å². The molecule has 1 atom stereocenters. The molecule has 0 saturated carbocycles. The Labute approximate surface area is 179 Å². The van der Waals surface area contributed by atoms with E-state index in [0.717, 1.165) is 30.7 Å². The van der Waals surface area contributed by atoms with Gasteiger partial charge in [0.1, 0.15) is 11.5 Å². The second-order valence-electron chi connectivity index (χ2n) is 7.13. The highest BCUT2D eigenvalue weighted by molar-refractivity contribution is 9.10.